The van der Waals surface area contributed by atoms with E-state index in [0.717, 1.165) is 0 Å². The molecule has 0 saturated heterocycles. The minimum Gasteiger partial charge on any atom is -0.257 e. The summed E-state index contributed by atoms with van der Waals surface area (Å²) in [5.41, 5.74) is 3.56. The normalized spacial score (nSPS) is 7.50. The number of rotatable bonds is 1. The molecule has 4 heavy (non-hydrogen) atoms. The average Bonchev–Trinajstić information content (AvgIpc) is 1.37. The highest BCUT2D eigenvalue weighted by molar-refractivity contribution is 3.80. The van der Waals surface area contributed by atoms with Gasteiger partial charge in [-0.3, -0.25) is 5.84 Å². The van der Waals surface area contributed by atoms with Crippen molar-refractivity contribution < 1.29 is 0 Å². The highest BCUT2D eigenvalue weighted by atomic mass is 15.6. The van der Waals surface area contributed by atoms with Gasteiger partial charge in [0.05, 0.1) is 0 Å². The van der Waals surface area contributed by atoms with Crippen LogP contribution in [0.5, 0.6) is 0 Å². The molecule has 0 heterocycles. The highest BCUT2D eigenvalue weighted by Crippen LogP contribution is 0.914. The van der Waals surface area contributed by atoms with Crippen LogP contribution in [0.25, 0.3) is 0 Å². The van der Waals surface area contributed by atoms with Gasteiger partial charge in [-0.15, -0.1) is 0 Å². The van der Waals surface area contributed by atoms with E-state index in [0.29, 0.717) is 0 Å². The lowest BCUT2D eigenvalue weighted by molar-refractivity contribution is 0.562. The van der Waals surface area contributed by atoms with Gasteiger partial charge in [0.25, 0.3) is 0 Å². The van der Waals surface area contributed by atoms with Crippen LogP contribution in [0.15, 0.2) is 0 Å². The molecule has 0 rings (SSSR count). The fourth-order valence-corrected chi connectivity index (χ4v) is 0. The van der Waals surface area contributed by atoms with Crippen molar-refractivity contribution in [3.05, 3.63) is 0 Å². The summed E-state index contributed by atoms with van der Waals surface area (Å²) < 4.78 is 0. The number of hydrazine groups is 2. The second kappa shape index (κ2) is 2.84. The van der Waals surface area contributed by atoms with E-state index in [1.165, 1.54) is 0 Å². The van der Waals surface area contributed by atoms with Gasteiger partial charge >= 0.3 is 0 Å². The molecule has 0 fully saturated rings. The molecule has 4 nitrogen and oxygen atoms in total. The third kappa shape index (κ3) is 1.84. The van der Waals surface area contributed by atoms with Crippen LogP contribution in [0.3, 0.4) is 0 Å². The number of nitrogens with two attached hydrogens (primary N) is 1. The molecule has 0 bridgehead atoms. The Labute approximate surface area is 24.1 Å². The van der Waals surface area contributed by atoms with Gasteiger partial charge in [0.1, 0.15) is 0 Å². The molecular weight excluding hydrogens is 56.0 g/mol. The Kier molecular flexibility index (Phi) is 2.73. The minimum absolute atomic E-state index is 1.71. The molecule has 0 aromatic rings. The maximum atomic E-state index is 5.97. The third-order valence-corrected chi connectivity index (χ3v) is 0.0722. The second-order valence-electron chi connectivity index (χ2n) is 0.269. The summed E-state index contributed by atoms with van der Waals surface area (Å²) in [5.74, 6) is 10.4. The van der Waals surface area contributed by atoms with Crippen molar-refractivity contribution in [1.82, 2.24) is 16.9 Å². The van der Waals surface area contributed by atoms with Crippen LogP contribution in [0, 0.1) is 0 Å². The quantitative estimate of drug-likeness (QED) is 0.246. The smallest absolute Gasteiger partial charge is 0.164 e. The predicted molar refractivity (Wildman–Crippen MR) is 13.6 cm³/mol. The van der Waals surface area contributed by atoms with Crippen molar-refractivity contribution in [3.8, 4) is 0 Å². The zero-order valence-corrected chi connectivity index (χ0v) is 2.08. The SMILES string of the molecule is [NH]NNN. The molecule has 0 aliphatic heterocycles. The molecule has 0 aromatic heterocycles. The Morgan fingerprint density at radius 1 is 1.75 bits per heavy atom. The molecule has 0 aliphatic carbocycles. The van der Waals surface area contributed by atoms with E-state index in [1.807, 2.05) is 5.53 Å². The summed E-state index contributed by atoms with van der Waals surface area (Å²) in [7, 11) is 0. The lowest BCUT2D eigenvalue weighted by Crippen LogP contribution is -2.36. The van der Waals surface area contributed by atoms with Crippen molar-refractivity contribution in [1.29, 1.82) is 0 Å². The van der Waals surface area contributed by atoms with Crippen LogP contribution >= 0.6 is 0 Å². The fraction of sp³-hybridized carbons (Fsp3) is 0. The van der Waals surface area contributed by atoms with E-state index < -0.39 is 0 Å². The average molecular weight is 61.1 g/mol. The van der Waals surface area contributed by atoms with E-state index in [4.69, 9.17) is 5.84 Å². The lowest BCUT2D eigenvalue weighted by Gasteiger charge is -1.80. The van der Waals surface area contributed by atoms with Crippen LogP contribution in [0.2, 0.25) is 0 Å². The summed E-state index contributed by atoms with van der Waals surface area (Å²) in [6.07, 6.45) is 0. The zero-order valence-electron chi connectivity index (χ0n) is 2.08. The highest BCUT2D eigenvalue weighted by Gasteiger charge is 1.44. The van der Waals surface area contributed by atoms with E-state index in [9.17, 15) is 0 Å². The maximum Gasteiger partial charge on any atom is -0.164 e. The number of nitrogens with one attached hydrogen (secondary N) is 3. The molecule has 0 saturated carbocycles. The van der Waals surface area contributed by atoms with Crippen molar-refractivity contribution in [2.45, 2.75) is 0 Å². The Morgan fingerprint density at radius 3 is 2.00 bits per heavy atom. The summed E-state index contributed by atoms with van der Waals surface area (Å²) in [6, 6.07) is 0. The van der Waals surface area contributed by atoms with Crippen molar-refractivity contribution in [3.63, 3.8) is 0 Å². The van der Waals surface area contributed by atoms with E-state index >= 15 is 0 Å². The summed E-state index contributed by atoms with van der Waals surface area (Å²) in [6.45, 7) is 0. The molecule has 0 aliphatic rings. The molecule has 25 valence electrons. The molecule has 0 unspecified atom stereocenters. The maximum absolute atomic E-state index is 5.97. The van der Waals surface area contributed by atoms with Gasteiger partial charge in [0.15, 0.2) is 0 Å². The van der Waals surface area contributed by atoms with Crippen molar-refractivity contribution in [2.24, 2.45) is 5.84 Å². The molecule has 0 aromatic carbocycles. The van der Waals surface area contributed by atoms with Crippen LogP contribution < -0.4 is 22.8 Å². The van der Waals surface area contributed by atoms with E-state index in [2.05, 4.69) is 5.84 Å². The first-order chi connectivity index (χ1) is 1.91. The van der Waals surface area contributed by atoms with Gasteiger partial charge in [-0.05, 0) is 0 Å². The van der Waals surface area contributed by atoms with E-state index in [1.54, 1.807) is 5.53 Å². The summed E-state index contributed by atoms with van der Waals surface area (Å²) in [5, 5.41) is 0. The zero-order chi connectivity index (χ0) is 3.41. The van der Waals surface area contributed by atoms with E-state index in [-0.39, 0.29) is 0 Å². The third-order valence-electron chi connectivity index (χ3n) is 0.0722. The largest absolute Gasteiger partial charge is 0.257 e. The first-order valence-corrected chi connectivity index (χ1v) is 0.789. The first-order valence-electron chi connectivity index (χ1n) is 0.789. The van der Waals surface area contributed by atoms with Gasteiger partial charge in [-0.1, -0.05) is 0 Å². The number of hydrogen-bond donors (Lipinski definition) is 3. The number of hydrogen-bond acceptors (Lipinski definition) is 3. The fourth-order valence-electron chi connectivity index (χ4n) is 0. The monoisotopic (exact) mass is 61.1 g/mol. The summed E-state index contributed by atoms with van der Waals surface area (Å²) in [4.78, 5) is 0. The van der Waals surface area contributed by atoms with Crippen LogP contribution in [-0.4, -0.2) is 0 Å². The molecule has 0 amide bonds. The van der Waals surface area contributed by atoms with Gasteiger partial charge in [0, 0.05) is 0 Å². The first kappa shape index (κ1) is 3.84. The Hall–Kier alpha value is -0.160. The Morgan fingerprint density at radius 2 is 2.00 bits per heavy atom. The minimum atomic E-state index is 1.71. The Bertz CT molecular complexity index is 2.00. The molecule has 5 N–H and O–H groups in total. The van der Waals surface area contributed by atoms with Gasteiger partial charge in [0.2, 0.25) is 0 Å². The standard InChI is InChI=1S/H5N4/c1-3-4-2/h1,3-4H,2H2. The van der Waals surface area contributed by atoms with Gasteiger partial charge in [-0.25, -0.2) is 0 Å². The van der Waals surface area contributed by atoms with Crippen molar-refractivity contribution >= 4 is 0 Å². The predicted octanol–water partition coefficient (Wildman–Crippen LogP) is -1.85. The molecular formula is H5N4. The molecule has 0 atom stereocenters. The topological polar surface area (TPSA) is 73.9 Å². The van der Waals surface area contributed by atoms with Crippen LogP contribution in [0.4, 0.5) is 0 Å². The van der Waals surface area contributed by atoms with Crippen molar-refractivity contribution in [2.75, 3.05) is 0 Å². The summed E-state index contributed by atoms with van der Waals surface area (Å²) >= 11 is 0. The second-order valence-corrected chi connectivity index (χ2v) is 0.269. The van der Waals surface area contributed by atoms with Gasteiger partial charge < -0.3 is 0 Å². The lowest BCUT2D eigenvalue weighted by atomic mass is 12.4. The Balaban J connectivity index is 1.97. The van der Waals surface area contributed by atoms with Gasteiger partial charge in [-0.2, -0.15) is 16.9 Å². The molecule has 4 heteroatoms. The molecule has 1 radical (unpaired) electrons. The molecule has 0 spiro atoms. The van der Waals surface area contributed by atoms with Crippen LogP contribution in [-0.2, 0) is 0 Å². The van der Waals surface area contributed by atoms with Crippen LogP contribution in [0.1, 0.15) is 0 Å².